The maximum atomic E-state index is 11.4. The minimum Gasteiger partial charge on any atom is -0.478 e. The van der Waals surface area contributed by atoms with E-state index in [1.807, 2.05) is 0 Å². The number of amides is 1. The summed E-state index contributed by atoms with van der Waals surface area (Å²) < 4.78 is 0. The van der Waals surface area contributed by atoms with Crippen LogP contribution in [0.2, 0.25) is 5.02 Å². The normalized spacial score (nSPS) is 14.1. The SMILES string of the molecule is CC(NC(=O)/C=C\C(=O)O)C(O)c1ccccc1Cl. The van der Waals surface area contributed by atoms with Crippen molar-refractivity contribution in [1.82, 2.24) is 5.32 Å². The average Bonchev–Trinajstić information content (AvgIpc) is 2.36. The average molecular weight is 284 g/mol. The number of carboxylic acids is 1. The molecule has 2 atom stereocenters. The van der Waals surface area contributed by atoms with Gasteiger partial charge in [0.05, 0.1) is 6.04 Å². The summed E-state index contributed by atoms with van der Waals surface area (Å²) in [7, 11) is 0. The lowest BCUT2D eigenvalue weighted by Crippen LogP contribution is -2.36. The van der Waals surface area contributed by atoms with E-state index in [0.717, 1.165) is 12.2 Å². The third-order valence-corrected chi connectivity index (χ3v) is 2.79. The summed E-state index contributed by atoms with van der Waals surface area (Å²) in [6.07, 6.45) is 0.637. The molecule has 19 heavy (non-hydrogen) atoms. The van der Waals surface area contributed by atoms with Gasteiger partial charge >= 0.3 is 5.97 Å². The Morgan fingerprint density at radius 3 is 2.53 bits per heavy atom. The van der Waals surface area contributed by atoms with Crippen molar-refractivity contribution in [2.24, 2.45) is 0 Å². The summed E-state index contributed by atoms with van der Waals surface area (Å²) in [4.78, 5) is 21.6. The van der Waals surface area contributed by atoms with Crippen LogP contribution in [0.3, 0.4) is 0 Å². The van der Waals surface area contributed by atoms with E-state index in [2.05, 4.69) is 5.32 Å². The van der Waals surface area contributed by atoms with Crippen LogP contribution in [0, 0.1) is 0 Å². The molecule has 0 bridgehead atoms. The number of hydrogen-bond acceptors (Lipinski definition) is 3. The van der Waals surface area contributed by atoms with Gasteiger partial charge in [-0.25, -0.2) is 4.79 Å². The molecule has 0 aliphatic carbocycles. The maximum absolute atomic E-state index is 11.4. The Balaban J connectivity index is 2.68. The van der Waals surface area contributed by atoms with E-state index in [1.54, 1.807) is 31.2 Å². The van der Waals surface area contributed by atoms with E-state index in [9.17, 15) is 14.7 Å². The molecule has 0 radical (unpaired) electrons. The van der Waals surface area contributed by atoms with Crippen LogP contribution < -0.4 is 5.32 Å². The first kappa shape index (κ1) is 15.2. The molecule has 1 aromatic rings. The summed E-state index contributed by atoms with van der Waals surface area (Å²) in [6, 6.07) is 6.15. The topological polar surface area (TPSA) is 86.6 Å². The number of carbonyl (C=O) groups is 2. The molecule has 0 saturated carbocycles. The molecular weight excluding hydrogens is 270 g/mol. The van der Waals surface area contributed by atoms with Crippen molar-refractivity contribution in [2.45, 2.75) is 19.1 Å². The third-order valence-electron chi connectivity index (χ3n) is 2.44. The molecule has 2 unspecified atom stereocenters. The largest absolute Gasteiger partial charge is 0.478 e. The fourth-order valence-electron chi connectivity index (χ4n) is 1.48. The van der Waals surface area contributed by atoms with Crippen LogP contribution >= 0.6 is 11.6 Å². The number of carbonyl (C=O) groups excluding carboxylic acids is 1. The molecule has 6 heteroatoms. The molecule has 1 amide bonds. The van der Waals surface area contributed by atoms with Gasteiger partial charge in [0.15, 0.2) is 0 Å². The number of nitrogens with one attached hydrogen (secondary N) is 1. The van der Waals surface area contributed by atoms with Crippen molar-refractivity contribution in [2.75, 3.05) is 0 Å². The number of rotatable bonds is 5. The molecule has 1 aromatic carbocycles. The van der Waals surface area contributed by atoms with Crippen LogP contribution in [-0.4, -0.2) is 28.1 Å². The molecular formula is C13H14ClNO4. The molecule has 5 nitrogen and oxygen atoms in total. The minimum atomic E-state index is -1.21. The second-order valence-corrected chi connectivity index (χ2v) is 4.34. The Hall–Kier alpha value is -1.85. The lowest BCUT2D eigenvalue weighted by atomic mass is 10.0. The van der Waals surface area contributed by atoms with Crippen LogP contribution in [0.25, 0.3) is 0 Å². The Kier molecular flexibility index (Phi) is 5.54. The second kappa shape index (κ2) is 6.92. The molecule has 102 valence electrons. The highest BCUT2D eigenvalue weighted by atomic mass is 35.5. The molecule has 3 N–H and O–H groups in total. The zero-order valence-electron chi connectivity index (χ0n) is 10.2. The van der Waals surface area contributed by atoms with Gasteiger partial charge in [0.1, 0.15) is 6.10 Å². The maximum Gasteiger partial charge on any atom is 0.328 e. The second-order valence-electron chi connectivity index (χ2n) is 3.94. The minimum absolute atomic E-state index is 0.400. The number of benzene rings is 1. The summed E-state index contributed by atoms with van der Waals surface area (Å²) in [5, 5.41) is 21.3. The van der Waals surface area contributed by atoms with Gasteiger partial charge in [-0.15, -0.1) is 0 Å². The quantitative estimate of drug-likeness (QED) is 0.715. The number of hydrogen-bond donors (Lipinski definition) is 3. The zero-order valence-corrected chi connectivity index (χ0v) is 11.0. The van der Waals surface area contributed by atoms with Crippen LogP contribution in [-0.2, 0) is 9.59 Å². The van der Waals surface area contributed by atoms with E-state index < -0.39 is 24.0 Å². The van der Waals surface area contributed by atoms with Crippen molar-refractivity contribution in [3.63, 3.8) is 0 Å². The Bertz CT molecular complexity index is 501. The van der Waals surface area contributed by atoms with Gasteiger partial charge in [0.25, 0.3) is 0 Å². The van der Waals surface area contributed by atoms with E-state index in [1.165, 1.54) is 0 Å². The number of halogens is 1. The van der Waals surface area contributed by atoms with Gasteiger partial charge in [-0.05, 0) is 13.0 Å². The van der Waals surface area contributed by atoms with Gasteiger partial charge in [-0.1, -0.05) is 29.8 Å². The molecule has 0 saturated heterocycles. The Labute approximate surface area is 115 Å². The third kappa shape index (κ3) is 4.73. The Morgan fingerprint density at radius 1 is 1.32 bits per heavy atom. The van der Waals surface area contributed by atoms with Crippen LogP contribution in [0.15, 0.2) is 36.4 Å². The molecule has 1 rings (SSSR count). The molecule has 0 spiro atoms. The molecule has 0 aliphatic rings. The van der Waals surface area contributed by atoms with Gasteiger partial charge in [0.2, 0.25) is 5.91 Å². The number of aliphatic hydroxyl groups excluding tert-OH is 1. The van der Waals surface area contributed by atoms with Crippen LogP contribution in [0.1, 0.15) is 18.6 Å². The highest BCUT2D eigenvalue weighted by Gasteiger charge is 2.19. The summed E-state index contributed by atoms with van der Waals surface area (Å²) in [5.41, 5.74) is 0.499. The standard InChI is InChI=1S/C13H14ClNO4/c1-8(15-11(16)6-7-12(17)18)13(19)9-4-2-3-5-10(9)14/h2-8,13,19H,1H3,(H,15,16)(H,17,18)/b7-6-. The van der Waals surface area contributed by atoms with Crippen molar-refractivity contribution in [3.05, 3.63) is 47.0 Å². The predicted octanol–water partition coefficient (Wildman–Crippen LogP) is 1.52. The smallest absolute Gasteiger partial charge is 0.328 e. The summed E-state index contributed by atoms with van der Waals surface area (Å²) >= 11 is 5.94. The first-order valence-electron chi connectivity index (χ1n) is 5.56. The van der Waals surface area contributed by atoms with Gasteiger partial charge in [-0.3, -0.25) is 4.79 Å². The van der Waals surface area contributed by atoms with Gasteiger partial charge in [0, 0.05) is 22.7 Å². The van der Waals surface area contributed by atoms with E-state index >= 15 is 0 Å². The number of carboxylic acid groups (broad SMARTS) is 1. The summed E-state index contributed by atoms with van der Waals surface area (Å²) in [5.74, 6) is -1.81. The highest BCUT2D eigenvalue weighted by molar-refractivity contribution is 6.31. The van der Waals surface area contributed by atoms with Crippen LogP contribution in [0.4, 0.5) is 0 Å². The molecule has 0 fully saturated rings. The van der Waals surface area contributed by atoms with Crippen LogP contribution in [0.5, 0.6) is 0 Å². The van der Waals surface area contributed by atoms with Crippen molar-refractivity contribution in [1.29, 1.82) is 0 Å². The lowest BCUT2D eigenvalue weighted by Gasteiger charge is -2.20. The zero-order chi connectivity index (χ0) is 14.4. The van der Waals surface area contributed by atoms with Gasteiger partial charge in [-0.2, -0.15) is 0 Å². The van der Waals surface area contributed by atoms with E-state index in [-0.39, 0.29) is 0 Å². The van der Waals surface area contributed by atoms with Crippen molar-refractivity contribution >= 4 is 23.5 Å². The van der Waals surface area contributed by atoms with Gasteiger partial charge < -0.3 is 15.5 Å². The first-order valence-corrected chi connectivity index (χ1v) is 5.93. The molecule has 0 aliphatic heterocycles. The molecule has 0 heterocycles. The number of aliphatic carboxylic acids is 1. The lowest BCUT2D eigenvalue weighted by molar-refractivity contribution is -0.131. The first-order chi connectivity index (χ1) is 8.91. The monoisotopic (exact) mass is 283 g/mol. The van der Waals surface area contributed by atoms with E-state index in [4.69, 9.17) is 16.7 Å². The summed E-state index contributed by atoms with van der Waals surface area (Å²) in [6.45, 7) is 1.60. The van der Waals surface area contributed by atoms with Crippen molar-refractivity contribution < 1.29 is 19.8 Å². The Morgan fingerprint density at radius 2 is 1.95 bits per heavy atom. The fraction of sp³-hybridized carbons (Fsp3) is 0.231. The van der Waals surface area contributed by atoms with Crippen molar-refractivity contribution in [3.8, 4) is 0 Å². The molecule has 0 aromatic heterocycles. The number of aliphatic hydroxyl groups is 1. The fourth-order valence-corrected chi connectivity index (χ4v) is 1.73. The highest BCUT2D eigenvalue weighted by Crippen LogP contribution is 2.24. The predicted molar refractivity (Wildman–Crippen MR) is 70.8 cm³/mol. The van der Waals surface area contributed by atoms with E-state index in [0.29, 0.717) is 10.6 Å².